The largest absolute Gasteiger partial charge is 0.490 e. The van der Waals surface area contributed by atoms with Crippen molar-refractivity contribution in [3.8, 4) is 11.5 Å². The number of piperidine rings is 1. The first kappa shape index (κ1) is 19.7. The molecule has 0 radical (unpaired) electrons. The Morgan fingerprint density at radius 2 is 1.86 bits per heavy atom. The van der Waals surface area contributed by atoms with Gasteiger partial charge in [0.2, 0.25) is 15.9 Å². The van der Waals surface area contributed by atoms with Gasteiger partial charge in [-0.25, -0.2) is 8.42 Å². The van der Waals surface area contributed by atoms with E-state index in [-0.39, 0.29) is 29.8 Å². The van der Waals surface area contributed by atoms with Crippen molar-refractivity contribution in [1.29, 1.82) is 0 Å². The quantitative estimate of drug-likeness (QED) is 0.805. The molecule has 2 aliphatic heterocycles. The van der Waals surface area contributed by atoms with Gasteiger partial charge < -0.3 is 19.3 Å². The molecule has 0 aliphatic carbocycles. The number of fused-ring (bicyclic) bond motifs is 1. The molecule has 0 unspecified atom stereocenters. The lowest BCUT2D eigenvalue weighted by Gasteiger charge is -2.30. The molecule has 29 heavy (non-hydrogen) atoms. The van der Waals surface area contributed by atoms with Crippen LogP contribution in [-0.4, -0.2) is 50.1 Å². The van der Waals surface area contributed by atoms with E-state index in [1.165, 1.54) is 16.4 Å². The van der Waals surface area contributed by atoms with Crippen molar-refractivity contribution in [1.82, 2.24) is 9.46 Å². The second-order valence-electron chi connectivity index (χ2n) is 7.15. The average Bonchev–Trinajstić information content (AvgIpc) is 2.98. The highest BCUT2D eigenvalue weighted by atomic mass is 32.2. The molecule has 10 heteroatoms. The van der Waals surface area contributed by atoms with Crippen LogP contribution >= 0.6 is 0 Å². The molecule has 1 amide bonds. The Labute approximate surface area is 169 Å². The number of aromatic nitrogens is 1. The van der Waals surface area contributed by atoms with E-state index in [0.717, 1.165) is 6.42 Å². The van der Waals surface area contributed by atoms with Crippen LogP contribution in [0.5, 0.6) is 11.5 Å². The predicted octanol–water partition coefficient (Wildman–Crippen LogP) is 2.18. The van der Waals surface area contributed by atoms with Gasteiger partial charge in [0.1, 0.15) is 5.76 Å². The maximum absolute atomic E-state index is 13.0. The molecule has 2 aliphatic rings. The lowest BCUT2D eigenvalue weighted by Crippen LogP contribution is -2.41. The standard InChI is InChI=1S/C19H23N3O6S/c1-13-11-18(21-28-13)20-19(23)14-5-7-22(8-6-14)29(24,25)15-3-4-16-17(12-15)27-10-2-9-26-16/h3-4,11-12,14H,2,5-10H2,1H3,(H,20,21,23). The van der Waals surface area contributed by atoms with Gasteiger partial charge in [-0.05, 0) is 31.9 Å². The molecule has 1 N–H and O–H groups in total. The fourth-order valence-corrected chi connectivity index (χ4v) is 4.95. The van der Waals surface area contributed by atoms with Crippen molar-refractivity contribution in [2.75, 3.05) is 31.6 Å². The summed E-state index contributed by atoms with van der Waals surface area (Å²) < 4.78 is 43.6. The Kier molecular flexibility index (Phi) is 5.46. The number of amides is 1. The molecule has 2 aromatic rings. The van der Waals surface area contributed by atoms with E-state index in [0.29, 0.717) is 49.1 Å². The molecule has 0 saturated carbocycles. The number of benzene rings is 1. The van der Waals surface area contributed by atoms with Gasteiger partial charge in [0.15, 0.2) is 17.3 Å². The topological polar surface area (TPSA) is 111 Å². The minimum Gasteiger partial charge on any atom is -0.490 e. The number of rotatable bonds is 4. The van der Waals surface area contributed by atoms with Crippen molar-refractivity contribution >= 4 is 21.7 Å². The van der Waals surface area contributed by atoms with E-state index in [4.69, 9.17) is 14.0 Å². The van der Waals surface area contributed by atoms with Crippen molar-refractivity contribution in [2.24, 2.45) is 5.92 Å². The number of nitrogens with one attached hydrogen (secondary N) is 1. The zero-order valence-corrected chi connectivity index (χ0v) is 16.9. The molecule has 156 valence electrons. The number of carbonyl (C=O) groups is 1. The summed E-state index contributed by atoms with van der Waals surface area (Å²) in [5.41, 5.74) is 0. The third-order valence-corrected chi connectivity index (χ3v) is 6.96. The van der Waals surface area contributed by atoms with Crippen LogP contribution < -0.4 is 14.8 Å². The average molecular weight is 421 g/mol. The minimum absolute atomic E-state index is 0.169. The first-order chi connectivity index (χ1) is 13.9. The number of anilines is 1. The van der Waals surface area contributed by atoms with Crippen LogP contribution in [0.4, 0.5) is 5.82 Å². The Hall–Kier alpha value is -2.59. The van der Waals surface area contributed by atoms with Gasteiger partial charge in [0.05, 0.1) is 18.1 Å². The smallest absolute Gasteiger partial charge is 0.243 e. The summed E-state index contributed by atoms with van der Waals surface area (Å²) in [6, 6.07) is 6.32. The molecule has 0 atom stereocenters. The molecule has 1 aromatic carbocycles. The molecule has 1 aromatic heterocycles. The molecule has 3 heterocycles. The Bertz CT molecular complexity index is 995. The van der Waals surface area contributed by atoms with E-state index in [2.05, 4.69) is 10.5 Å². The summed E-state index contributed by atoms with van der Waals surface area (Å²) in [5.74, 6) is 1.53. The normalized spacial score (nSPS) is 18.2. The molecule has 1 fully saturated rings. The van der Waals surface area contributed by atoms with Gasteiger partial charge in [-0.3, -0.25) is 4.79 Å². The summed E-state index contributed by atoms with van der Waals surface area (Å²) in [7, 11) is -3.67. The summed E-state index contributed by atoms with van der Waals surface area (Å²) in [4.78, 5) is 12.6. The van der Waals surface area contributed by atoms with Crippen molar-refractivity contribution in [3.63, 3.8) is 0 Å². The zero-order chi connectivity index (χ0) is 20.4. The van der Waals surface area contributed by atoms with Gasteiger partial charge in [-0.15, -0.1) is 0 Å². The second kappa shape index (κ2) is 8.03. The summed E-state index contributed by atoms with van der Waals surface area (Å²) >= 11 is 0. The van der Waals surface area contributed by atoms with Crippen LogP contribution in [0.1, 0.15) is 25.0 Å². The number of sulfonamides is 1. The first-order valence-electron chi connectivity index (χ1n) is 9.57. The van der Waals surface area contributed by atoms with Crippen LogP contribution in [0.15, 0.2) is 33.7 Å². The van der Waals surface area contributed by atoms with Gasteiger partial charge in [-0.1, -0.05) is 5.16 Å². The fraction of sp³-hybridized carbons (Fsp3) is 0.474. The van der Waals surface area contributed by atoms with E-state index in [1.807, 2.05) is 0 Å². The van der Waals surface area contributed by atoms with Crippen molar-refractivity contribution in [3.05, 3.63) is 30.0 Å². The third-order valence-electron chi connectivity index (χ3n) is 5.06. The van der Waals surface area contributed by atoms with Crippen molar-refractivity contribution < 1.29 is 27.2 Å². The second-order valence-corrected chi connectivity index (χ2v) is 9.09. The van der Waals surface area contributed by atoms with E-state index < -0.39 is 10.0 Å². The van der Waals surface area contributed by atoms with Crippen LogP contribution in [0, 0.1) is 12.8 Å². The Morgan fingerprint density at radius 1 is 1.14 bits per heavy atom. The molecule has 1 saturated heterocycles. The number of ether oxygens (including phenoxy) is 2. The van der Waals surface area contributed by atoms with E-state index >= 15 is 0 Å². The molecular formula is C19H23N3O6S. The fourth-order valence-electron chi connectivity index (χ4n) is 3.47. The molecule has 4 rings (SSSR count). The Morgan fingerprint density at radius 3 is 2.55 bits per heavy atom. The Balaban J connectivity index is 1.41. The number of nitrogens with zero attached hydrogens (tertiary/aromatic N) is 2. The number of aryl methyl sites for hydroxylation is 1. The molecular weight excluding hydrogens is 398 g/mol. The monoisotopic (exact) mass is 421 g/mol. The molecule has 9 nitrogen and oxygen atoms in total. The summed E-state index contributed by atoms with van der Waals surface area (Å²) in [5, 5.41) is 6.47. The highest BCUT2D eigenvalue weighted by Crippen LogP contribution is 2.33. The lowest BCUT2D eigenvalue weighted by atomic mass is 9.97. The van der Waals surface area contributed by atoms with Crippen LogP contribution in [0.25, 0.3) is 0 Å². The predicted molar refractivity (Wildman–Crippen MR) is 103 cm³/mol. The maximum Gasteiger partial charge on any atom is 0.243 e. The van der Waals surface area contributed by atoms with E-state index in [9.17, 15) is 13.2 Å². The molecule has 0 spiro atoms. The van der Waals surface area contributed by atoms with Gasteiger partial charge in [0.25, 0.3) is 0 Å². The maximum atomic E-state index is 13.0. The third kappa shape index (κ3) is 4.23. The summed E-state index contributed by atoms with van der Waals surface area (Å²) in [6.07, 6.45) is 1.62. The molecule has 0 bridgehead atoms. The van der Waals surface area contributed by atoms with Gasteiger partial charge in [-0.2, -0.15) is 4.31 Å². The van der Waals surface area contributed by atoms with Gasteiger partial charge >= 0.3 is 0 Å². The highest BCUT2D eigenvalue weighted by molar-refractivity contribution is 7.89. The summed E-state index contributed by atoms with van der Waals surface area (Å²) in [6.45, 7) is 3.32. The van der Waals surface area contributed by atoms with E-state index in [1.54, 1.807) is 19.1 Å². The van der Waals surface area contributed by atoms with Crippen LogP contribution in [-0.2, 0) is 14.8 Å². The number of carbonyl (C=O) groups excluding carboxylic acids is 1. The van der Waals surface area contributed by atoms with Crippen LogP contribution in [0.3, 0.4) is 0 Å². The first-order valence-corrected chi connectivity index (χ1v) is 11.0. The lowest BCUT2D eigenvalue weighted by molar-refractivity contribution is -0.120. The number of hydrogen-bond donors (Lipinski definition) is 1. The minimum atomic E-state index is -3.67. The van der Waals surface area contributed by atoms with Crippen molar-refractivity contribution in [2.45, 2.75) is 31.1 Å². The number of hydrogen-bond acceptors (Lipinski definition) is 7. The zero-order valence-electron chi connectivity index (χ0n) is 16.1. The van der Waals surface area contributed by atoms with Crippen LogP contribution in [0.2, 0.25) is 0 Å². The highest BCUT2D eigenvalue weighted by Gasteiger charge is 2.33. The van der Waals surface area contributed by atoms with Gasteiger partial charge in [0, 0.05) is 37.6 Å². The SMILES string of the molecule is Cc1cc(NC(=O)C2CCN(S(=O)(=O)c3ccc4c(c3)OCCCO4)CC2)no1.